The maximum atomic E-state index is 12.6. The molecule has 2 aliphatic rings. The first kappa shape index (κ1) is 14.8. The Morgan fingerprint density at radius 3 is 2.59 bits per heavy atom. The van der Waals surface area contributed by atoms with Crippen molar-refractivity contribution in [2.75, 3.05) is 44.7 Å². The number of pyridine rings is 1. The number of aromatic nitrogens is 1. The Balaban J connectivity index is 1.55. The molecule has 6 nitrogen and oxygen atoms in total. The number of amides is 2. The normalized spacial score (nSPS) is 22.9. The minimum atomic E-state index is -0.134. The molecular weight excluding hydrogens is 280 g/mol. The van der Waals surface area contributed by atoms with Gasteiger partial charge >= 0.3 is 0 Å². The van der Waals surface area contributed by atoms with Gasteiger partial charge in [-0.3, -0.25) is 9.59 Å². The summed E-state index contributed by atoms with van der Waals surface area (Å²) in [6.45, 7) is 3.68. The van der Waals surface area contributed by atoms with Gasteiger partial charge in [-0.1, -0.05) is 6.07 Å². The van der Waals surface area contributed by atoms with Gasteiger partial charge in [0.2, 0.25) is 11.8 Å². The number of nitrogens with zero attached hydrogens (tertiary/aromatic N) is 4. The first-order valence-corrected chi connectivity index (χ1v) is 7.84. The van der Waals surface area contributed by atoms with Gasteiger partial charge in [-0.05, 0) is 18.6 Å². The van der Waals surface area contributed by atoms with Crippen molar-refractivity contribution in [3.8, 4) is 0 Å². The molecular formula is C16H22N4O2. The van der Waals surface area contributed by atoms with Crippen LogP contribution in [0.3, 0.4) is 0 Å². The largest absolute Gasteiger partial charge is 0.353 e. The summed E-state index contributed by atoms with van der Waals surface area (Å²) in [5, 5.41) is 0. The quantitative estimate of drug-likeness (QED) is 0.803. The van der Waals surface area contributed by atoms with Gasteiger partial charge in [-0.25, -0.2) is 4.98 Å². The van der Waals surface area contributed by atoms with Gasteiger partial charge in [-0.15, -0.1) is 0 Å². The number of piperazine rings is 1. The third-order valence-corrected chi connectivity index (χ3v) is 4.57. The molecule has 1 atom stereocenters. The number of hydrogen-bond acceptors (Lipinski definition) is 4. The van der Waals surface area contributed by atoms with Crippen LogP contribution < -0.4 is 4.90 Å². The van der Waals surface area contributed by atoms with Gasteiger partial charge in [0.25, 0.3) is 0 Å². The molecule has 3 rings (SSSR count). The molecule has 0 spiro atoms. The summed E-state index contributed by atoms with van der Waals surface area (Å²) in [7, 11) is 1.80. The predicted molar refractivity (Wildman–Crippen MR) is 83.4 cm³/mol. The van der Waals surface area contributed by atoms with Crippen molar-refractivity contribution in [1.82, 2.24) is 14.8 Å². The fourth-order valence-electron chi connectivity index (χ4n) is 3.11. The number of anilines is 1. The van der Waals surface area contributed by atoms with Crippen molar-refractivity contribution in [1.29, 1.82) is 0 Å². The van der Waals surface area contributed by atoms with Gasteiger partial charge in [0.1, 0.15) is 5.82 Å². The molecule has 0 radical (unpaired) electrons. The molecule has 0 aromatic carbocycles. The first-order valence-electron chi connectivity index (χ1n) is 7.84. The fourth-order valence-corrected chi connectivity index (χ4v) is 3.11. The summed E-state index contributed by atoms with van der Waals surface area (Å²) in [6, 6.07) is 5.87. The van der Waals surface area contributed by atoms with Crippen molar-refractivity contribution in [2.45, 2.75) is 12.8 Å². The van der Waals surface area contributed by atoms with Crippen molar-refractivity contribution in [2.24, 2.45) is 5.92 Å². The van der Waals surface area contributed by atoms with Crippen LogP contribution in [0.25, 0.3) is 0 Å². The van der Waals surface area contributed by atoms with E-state index in [9.17, 15) is 9.59 Å². The van der Waals surface area contributed by atoms with Crippen molar-refractivity contribution >= 4 is 17.6 Å². The molecule has 118 valence electrons. The molecule has 0 N–H and O–H groups in total. The van der Waals surface area contributed by atoms with Crippen LogP contribution in [0, 0.1) is 5.92 Å². The standard InChI is InChI=1S/C16H22N4O2/c1-18-7-5-13(12-15(18)21)16(22)20-10-8-19(9-11-20)14-4-2-3-6-17-14/h2-4,6,13H,5,7-12H2,1H3/t13-/m0/s1. The topological polar surface area (TPSA) is 56.8 Å². The number of carbonyl (C=O) groups is 2. The van der Waals surface area contributed by atoms with Gasteiger partial charge in [-0.2, -0.15) is 0 Å². The van der Waals surface area contributed by atoms with Crippen LogP contribution in [0.1, 0.15) is 12.8 Å². The van der Waals surface area contributed by atoms with E-state index in [2.05, 4.69) is 9.88 Å². The van der Waals surface area contributed by atoms with Gasteiger partial charge < -0.3 is 14.7 Å². The van der Waals surface area contributed by atoms with E-state index in [1.165, 1.54) is 0 Å². The van der Waals surface area contributed by atoms with Crippen molar-refractivity contribution < 1.29 is 9.59 Å². The second-order valence-corrected chi connectivity index (χ2v) is 6.01. The number of likely N-dealkylation sites (tertiary alicyclic amines) is 1. The summed E-state index contributed by atoms with van der Waals surface area (Å²) in [6.07, 6.45) is 2.92. The summed E-state index contributed by atoms with van der Waals surface area (Å²) in [5.74, 6) is 1.05. The van der Waals surface area contributed by atoms with E-state index in [1.54, 1.807) is 18.1 Å². The predicted octanol–water partition coefficient (Wildman–Crippen LogP) is 0.599. The van der Waals surface area contributed by atoms with Gasteiger partial charge in [0.05, 0.1) is 0 Å². The molecule has 1 aromatic rings. The highest BCUT2D eigenvalue weighted by Gasteiger charge is 2.32. The van der Waals surface area contributed by atoms with Crippen molar-refractivity contribution in [3.05, 3.63) is 24.4 Å². The summed E-state index contributed by atoms with van der Waals surface area (Å²) in [5.41, 5.74) is 0. The van der Waals surface area contributed by atoms with E-state index in [1.807, 2.05) is 23.1 Å². The molecule has 2 amide bonds. The van der Waals surface area contributed by atoms with Gasteiger partial charge in [0.15, 0.2) is 0 Å². The number of hydrogen-bond donors (Lipinski definition) is 0. The highest BCUT2D eigenvalue weighted by Crippen LogP contribution is 2.21. The lowest BCUT2D eigenvalue weighted by Gasteiger charge is -2.38. The van der Waals surface area contributed by atoms with E-state index in [-0.39, 0.29) is 17.7 Å². The average Bonchev–Trinajstić information content (AvgIpc) is 2.58. The van der Waals surface area contributed by atoms with E-state index in [4.69, 9.17) is 0 Å². The number of piperidine rings is 1. The molecule has 1 aromatic heterocycles. The summed E-state index contributed by atoms with van der Waals surface area (Å²) < 4.78 is 0. The lowest BCUT2D eigenvalue weighted by Crippen LogP contribution is -2.52. The smallest absolute Gasteiger partial charge is 0.226 e. The minimum absolute atomic E-state index is 0.0803. The maximum absolute atomic E-state index is 12.6. The third kappa shape index (κ3) is 3.05. The van der Waals surface area contributed by atoms with Crippen molar-refractivity contribution in [3.63, 3.8) is 0 Å². The van der Waals surface area contributed by atoms with Crippen LogP contribution in [0.15, 0.2) is 24.4 Å². The number of rotatable bonds is 2. The maximum Gasteiger partial charge on any atom is 0.226 e. The Labute approximate surface area is 130 Å². The monoisotopic (exact) mass is 302 g/mol. The first-order chi connectivity index (χ1) is 10.6. The Morgan fingerprint density at radius 2 is 1.95 bits per heavy atom. The molecule has 0 aliphatic carbocycles. The molecule has 2 aliphatic heterocycles. The van der Waals surface area contributed by atoms with Gasteiger partial charge in [0, 0.05) is 58.3 Å². The van der Waals surface area contributed by atoms with Crippen LogP contribution in [0.2, 0.25) is 0 Å². The van der Waals surface area contributed by atoms with Crippen LogP contribution in [-0.4, -0.2) is 66.4 Å². The SMILES string of the molecule is CN1CC[C@H](C(=O)N2CCN(c3ccccn3)CC2)CC1=O. The zero-order valence-electron chi connectivity index (χ0n) is 12.9. The second kappa shape index (κ2) is 6.34. The van der Waals surface area contributed by atoms with Crippen LogP contribution >= 0.6 is 0 Å². The average molecular weight is 302 g/mol. The Kier molecular flexibility index (Phi) is 4.27. The molecule has 2 fully saturated rings. The van der Waals surface area contributed by atoms with Crippen LogP contribution in [-0.2, 0) is 9.59 Å². The summed E-state index contributed by atoms with van der Waals surface area (Å²) in [4.78, 5) is 34.5. The highest BCUT2D eigenvalue weighted by atomic mass is 16.2. The molecule has 0 saturated carbocycles. The number of carbonyl (C=O) groups excluding carboxylic acids is 2. The molecule has 0 bridgehead atoms. The lowest BCUT2D eigenvalue weighted by atomic mass is 9.94. The van der Waals surface area contributed by atoms with Crippen LogP contribution in [0.4, 0.5) is 5.82 Å². The summed E-state index contributed by atoms with van der Waals surface area (Å²) >= 11 is 0. The van der Waals surface area contributed by atoms with E-state index in [0.29, 0.717) is 26.1 Å². The Morgan fingerprint density at radius 1 is 1.18 bits per heavy atom. The van der Waals surface area contributed by atoms with Crippen LogP contribution in [0.5, 0.6) is 0 Å². The molecule has 2 saturated heterocycles. The Hall–Kier alpha value is -2.11. The van der Waals surface area contributed by atoms with E-state index < -0.39 is 0 Å². The molecule has 22 heavy (non-hydrogen) atoms. The minimum Gasteiger partial charge on any atom is -0.353 e. The third-order valence-electron chi connectivity index (χ3n) is 4.57. The lowest BCUT2D eigenvalue weighted by molar-refractivity contribution is -0.144. The zero-order valence-corrected chi connectivity index (χ0v) is 12.9. The molecule has 3 heterocycles. The second-order valence-electron chi connectivity index (χ2n) is 6.01. The zero-order chi connectivity index (χ0) is 15.5. The fraction of sp³-hybridized carbons (Fsp3) is 0.562. The van der Waals surface area contributed by atoms with E-state index >= 15 is 0 Å². The molecule has 6 heteroatoms. The van der Waals surface area contributed by atoms with E-state index in [0.717, 1.165) is 25.3 Å². The highest BCUT2D eigenvalue weighted by molar-refractivity contribution is 5.87. The Bertz CT molecular complexity index is 540. The molecule has 0 unspecified atom stereocenters.